The summed E-state index contributed by atoms with van der Waals surface area (Å²) in [6.07, 6.45) is 3.80. The first-order valence-electron chi connectivity index (χ1n) is 15.8. The van der Waals surface area contributed by atoms with E-state index >= 15 is 0 Å². The lowest BCUT2D eigenvalue weighted by Crippen LogP contribution is -2.31. The van der Waals surface area contributed by atoms with Gasteiger partial charge in [-0.05, 0) is 61.2 Å². The highest BCUT2D eigenvalue weighted by Crippen LogP contribution is 2.36. The number of aromatic nitrogens is 4. The van der Waals surface area contributed by atoms with Crippen molar-refractivity contribution in [3.05, 3.63) is 95.6 Å². The van der Waals surface area contributed by atoms with E-state index in [2.05, 4.69) is 20.9 Å². The minimum Gasteiger partial charge on any atom is -0.497 e. The van der Waals surface area contributed by atoms with Gasteiger partial charge in [-0.1, -0.05) is 35.5 Å². The van der Waals surface area contributed by atoms with Crippen LogP contribution in [0.5, 0.6) is 11.5 Å². The Morgan fingerprint density at radius 3 is 2.71 bits per heavy atom. The number of unbranched alkanes of at least 4 members (excludes halogenated alkanes) is 1. The van der Waals surface area contributed by atoms with Crippen LogP contribution in [0.4, 0.5) is 9.59 Å². The Bertz CT molecular complexity index is 1810. The van der Waals surface area contributed by atoms with E-state index in [0.717, 1.165) is 57.4 Å². The molecule has 0 bridgehead atoms. The summed E-state index contributed by atoms with van der Waals surface area (Å²) in [5.74, 6) is 1.43. The van der Waals surface area contributed by atoms with Gasteiger partial charge in [0.05, 0.1) is 42.5 Å². The van der Waals surface area contributed by atoms with Crippen LogP contribution in [0.3, 0.4) is 0 Å². The molecule has 2 aromatic heterocycles. The topological polar surface area (TPSA) is 133 Å². The molecule has 1 saturated heterocycles. The predicted octanol–water partition coefficient (Wildman–Crippen LogP) is 5.72. The molecule has 0 spiro atoms. The van der Waals surface area contributed by atoms with Gasteiger partial charge in [-0.3, -0.25) is 0 Å². The molecule has 3 heterocycles. The monoisotopic (exact) mass is 667 g/mol. The molecule has 0 unspecified atom stereocenters. The summed E-state index contributed by atoms with van der Waals surface area (Å²) in [6, 6.07) is 23.2. The second-order valence-corrected chi connectivity index (χ2v) is 12.0. The highest BCUT2D eigenvalue weighted by molar-refractivity contribution is 7.13. The number of amides is 3. The number of nitrogens with one attached hydrogen (secondary N) is 2. The fraction of sp³-hybridized carbons (Fsp3) is 0.286. The van der Waals surface area contributed by atoms with E-state index in [9.17, 15) is 9.59 Å². The highest BCUT2D eigenvalue weighted by atomic mass is 32.1. The van der Waals surface area contributed by atoms with Crippen LogP contribution in [0, 0.1) is 0 Å². The van der Waals surface area contributed by atoms with Gasteiger partial charge >= 0.3 is 12.1 Å². The van der Waals surface area contributed by atoms with Crippen molar-refractivity contribution in [2.45, 2.75) is 25.9 Å². The molecule has 13 heteroatoms. The maximum absolute atomic E-state index is 12.0. The zero-order chi connectivity index (χ0) is 33.1. The minimum absolute atomic E-state index is 0.0782. The quantitative estimate of drug-likeness (QED) is 0.136. The van der Waals surface area contributed by atoms with Crippen molar-refractivity contribution in [2.24, 2.45) is 0 Å². The third-order valence-corrected chi connectivity index (χ3v) is 8.67. The molecule has 1 aliphatic rings. The van der Waals surface area contributed by atoms with E-state index in [1.54, 1.807) is 16.7 Å². The number of thiazole rings is 1. The average molecular weight is 668 g/mol. The van der Waals surface area contributed by atoms with Crippen LogP contribution >= 0.6 is 11.3 Å². The van der Waals surface area contributed by atoms with Crippen LogP contribution in [0.1, 0.15) is 24.1 Å². The number of methoxy groups -OCH3 is 1. The molecule has 2 N–H and O–H groups in total. The second kappa shape index (κ2) is 15.9. The lowest BCUT2D eigenvalue weighted by atomic mass is 10.1. The molecule has 0 atom stereocenters. The van der Waals surface area contributed by atoms with Crippen molar-refractivity contribution >= 4 is 23.5 Å². The van der Waals surface area contributed by atoms with Gasteiger partial charge in [0, 0.05) is 36.6 Å². The zero-order valence-corrected chi connectivity index (χ0v) is 27.4. The van der Waals surface area contributed by atoms with Gasteiger partial charge in [0.25, 0.3) is 0 Å². The van der Waals surface area contributed by atoms with Gasteiger partial charge < -0.3 is 29.7 Å². The number of carbonyl (C=O) groups excluding carboxylic acids is 2. The molecule has 12 nitrogen and oxygen atoms in total. The molecule has 248 valence electrons. The van der Waals surface area contributed by atoms with E-state index in [1.165, 1.54) is 11.3 Å². The average Bonchev–Trinajstić information content (AvgIpc) is 3.90. The molecule has 1 aliphatic heterocycles. The van der Waals surface area contributed by atoms with Crippen LogP contribution in [-0.4, -0.2) is 76.9 Å². The maximum atomic E-state index is 12.0. The Labute approximate surface area is 282 Å². The maximum Gasteiger partial charge on any atom is 0.407 e. The van der Waals surface area contributed by atoms with Crippen molar-refractivity contribution in [3.8, 4) is 39.0 Å². The van der Waals surface area contributed by atoms with Crippen LogP contribution in [0.2, 0.25) is 0 Å². The van der Waals surface area contributed by atoms with Crippen molar-refractivity contribution in [2.75, 3.05) is 39.9 Å². The number of ether oxygens (including phenoxy) is 3. The van der Waals surface area contributed by atoms with Crippen molar-refractivity contribution in [3.63, 3.8) is 0 Å². The third kappa shape index (κ3) is 8.48. The molecule has 48 heavy (non-hydrogen) atoms. The largest absolute Gasteiger partial charge is 0.497 e. The summed E-state index contributed by atoms with van der Waals surface area (Å²) in [5, 5.41) is 17.2. The lowest BCUT2D eigenvalue weighted by molar-refractivity contribution is 0.139. The number of urea groups is 1. The van der Waals surface area contributed by atoms with E-state index in [4.69, 9.17) is 19.2 Å². The smallest absolute Gasteiger partial charge is 0.407 e. The highest BCUT2D eigenvalue weighted by Gasteiger charge is 2.20. The van der Waals surface area contributed by atoms with Crippen LogP contribution in [-0.2, 0) is 17.8 Å². The van der Waals surface area contributed by atoms with E-state index in [1.807, 2.05) is 84.4 Å². The number of rotatable bonds is 15. The minimum atomic E-state index is -0.426. The van der Waals surface area contributed by atoms with E-state index in [0.29, 0.717) is 45.0 Å². The lowest BCUT2D eigenvalue weighted by Gasteiger charge is -2.16. The van der Waals surface area contributed by atoms with Gasteiger partial charge in [0.2, 0.25) is 0 Å². The molecule has 6 rings (SSSR count). The number of aryl methyl sites for hydroxylation is 1. The fourth-order valence-corrected chi connectivity index (χ4v) is 6.03. The zero-order valence-electron chi connectivity index (χ0n) is 26.6. The summed E-state index contributed by atoms with van der Waals surface area (Å²) in [7, 11) is 1.65. The van der Waals surface area contributed by atoms with E-state index < -0.39 is 6.09 Å². The third-order valence-electron chi connectivity index (χ3n) is 7.80. The Kier molecular flexibility index (Phi) is 10.8. The number of hydrogen-bond donors (Lipinski definition) is 2. The van der Waals surface area contributed by atoms with Crippen LogP contribution in [0.25, 0.3) is 27.5 Å². The first-order chi connectivity index (χ1) is 23.6. The Morgan fingerprint density at radius 1 is 1.06 bits per heavy atom. The predicted molar refractivity (Wildman–Crippen MR) is 182 cm³/mol. The van der Waals surface area contributed by atoms with Crippen molar-refractivity contribution in [1.29, 1.82) is 0 Å². The fourth-order valence-electron chi connectivity index (χ4n) is 5.17. The van der Waals surface area contributed by atoms with Crippen molar-refractivity contribution < 1.29 is 23.8 Å². The molecule has 3 amide bonds. The van der Waals surface area contributed by atoms with Gasteiger partial charge in [-0.15, -0.1) is 16.4 Å². The number of alkyl carbamates (subject to hydrolysis) is 1. The van der Waals surface area contributed by atoms with Crippen molar-refractivity contribution in [1.82, 2.24) is 35.5 Å². The molecule has 0 aliphatic carbocycles. The van der Waals surface area contributed by atoms with Gasteiger partial charge in [0.15, 0.2) is 0 Å². The summed E-state index contributed by atoms with van der Waals surface area (Å²) in [4.78, 5) is 30.7. The van der Waals surface area contributed by atoms with Gasteiger partial charge in [-0.2, -0.15) is 0 Å². The first-order valence-corrected chi connectivity index (χ1v) is 16.7. The summed E-state index contributed by atoms with van der Waals surface area (Å²) < 4.78 is 18.6. The molecule has 5 aromatic rings. The van der Waals surface area contributed by atoms with Crippen LogP contribution in [0.15, 0.2) is 84.4 Å². The SMILES string of the molecule is COc1ccc(-c2csc(-c3ccc(-n4cc(CCCCNC(=O)OCc5ccccc5)nn4)cc3OCCN3CCNC3=O)n2)cc1. The number of benzene rings is 3. The summed E-state index contributed by atoms with van der Waals surface area (Å²) in [5.41, 5.74) is 5.29. The van der Waals surface area contributed by atoms with Crippen LogP contribution < -0.4 is 20.1 Å². The molecule has 0 saturated carbocycles. The standard InChI is InChI=1S/C35H37N7O5S/c1-45-29-13-10-26(11-14-29)31-24-48-33(38-31)30-15-12-28(21-32(30)46-20-19-41-18-17-36-34(41)43)42-22-27(39-40-42)9-5-6-16-37-35(44)47-23-25-7-3-2-4-8-25/h2-4,7-8,10-15,21-22,24H,5-6,9,16-20,23H2,1H3,(H,36,43)(H,37,44). The van der Waals surface area contributed by atoms with E-state index in [-0.39, 0.29) is 12.6 Å². The number of nitrogens with zero attached hydrogens (tertiary/aromatic N) is 5. The number of carbonyl (C=O) groups is 2. The Morgan fingerprint density at radius 2 is 1.92 bits per heavy atom. The summed E-state index contributed by atoms with van der Waals surface area (Å²) in [6.45, 7) is 2.85. The normalized spacial score (nSPS) is 12.5. The summed E-state index contributed by atoms with van der Waals surface area (Å²) >= 11 is 1.54. The molecular formula is C35H37N7O5S. The Balaban J connectivity index is 1.08. The van der Waals surface area contributed by atoms with Gasteiger partial charge in [-0.25, -0.2) is 19.3 Å². The molecule has 3 aromatic carbocycles. The molecule has 0 radical (unpaired) electrons. The Hall–Kier alpha value is -5.43. The number of hydrogen-bond acceptors (Lipinski definition) is 9. The van der Waals surface area contributed by atoms with Gasteiger partial charge in [0.1, 0.15) is 29.7 Å². The second-order valence-electron chi connectivity index (χ2n) is 11.1. The molecular weight excluding hydrogens is 630 g/mol. The molecule has 1 fully saturated rings. The first kappa shape index (κ1) is 32.5.